The highest BCUT2D eigenvalue weighted by molar-refractivity contribution is 6.34. The molecule has 3 aromatic carbocycles. The van der Waals surface area contributed by atoms with Gasteiger partial charge < -0.3 is 34.3 Å². The van der Waals surface area contributed by atoms with E-state index in [1.807, 2.05) is 0 Å². The summed E-state index contributed by atoms with van der Waals surface area (Å²) in [7, 11) is 0. The third kappa shape index (κ3) is 12.0. The number of aliphatic carboxylic acids is 1. The van der Waals surface area contributed by atoms with Crippen molar-refractivity contribution in [1.29, 1.82) is 0 Å². The standard InChI is InChI=1S/C30H31Cl2F3N2O7/c1-2-41-27(28(38)39)16-20-8-10-23(11-9-20)43-15-13-37(12-5-14-42-24-18-21(31)17-22(32)19-24)29(40)36-25-6-3-4-7-26(25)44-30(33,34)35/h3-4,6-11,17-19,27H,2,5,12-16H2,1H3,(H,36,40)(H,38,39). The monoisotopic (exact) mass is 658 g/mol. The van der Waals surface area contributed by atoms with Gasteiger partial charge in [0.2, 0.25) is 0 Å². The maximum absolute atomic E-state index is 13.2. The van der Waals surface area contributed by atoms with Crippen LogP contribution in [0.15, 0.2) is 66.7 Å². The Kier molecular flexibility index (Phi) is 13.2. The molecule has 0 fully saturated rings. The first-order valence-electron chi connectivity index (χ1n) is 13.5. The molecule has 0 spiro atoms. The summed E-state index contributed by atoms with van der Waals surface area (Å²) in [6.07, 6.45) is -5.37. The summed E-state index contributed by atoms with van der Waals surface area (Å²) in [5.74, 6) is -0.692. The lowest BCUT2D eigenvalue weighted by molar-refractivity contribution is -0.274. The fourth-order valence-electron chi connectivity index (χ4n) is 3.98. The molecule has 2 N–H and O–H groups in total. The zero-order valence-corrected chi connectivity index (χ0v) is 25.1. The van der Waals surface area contributed by atoms with E-state index >= 15 is 0 Å². The molecular formula is C30H31Cl2F3N2O7. The Balaban J connectivity index is 1.63. The van der Waals surface area contributed by atoms with Crippen LogP contribution in [0.25, 0.3) is 0 Å². The number of halogens is 5. The Morgan fingerprint density at radius 1 is 0.932 bits per heavy atom. The number of amides is 2. The van der Waals surface area contributed by atoms with Crippen LogP contribution in [0, 0.1) is 0 Å². The zero-order valence-electron chi connectivity index (χ0n) is 23.6. The van der Waals surface area contributed by atoms with Crippen LogP contribution in [0.4, 0.5) is 23.7 Å². The molecule has 1 atom stereocenters. The molecule has 0 bridgehead atoms. The molecule has 0 aliphatic heterocycles. The van der Waals surface area contributed by atoms with Gasteiger partial charge in [-0.05, 0) is 61.4 Å². The van der Waals surface area contributed by atoms with Crippen LogP contribution in [0.3, 0.4) is 0 Å². The van der Waals surface area contributed by atoms with Crippen LogP contribution in [0.1, 0.15) is 18.9 Å². The van der Waals surface area contributed by atoms with Crippen molar-refractivity contribution in [1.82, 2.24) is 4.90 Å². The molecule has 0 aliphatic rings. The van der Waals surface area contributed by atoms with E-state index < -0.39 is 30.2 Å². The summed E-state index contributed by atoms with van der Waals surface area (Å²) in [5, 5.41) is 12.6. The molecule has 0 saturated carbocycles. The second-order valence-corrected chi connectivity index (χ2v) is 10.1. The second kappa shape index (κ2) is 16.8. The largest absolute Gasteiger partial charge is 0.573 e. The number of nitrogens with zero attached hydrogens (tertiary/aromatic N) is 1. The molecule has 9 nitrogen and oxygen atoms in total. The van der Waals surface area contributed by atoms with E-state index in [2.05, 4.69) is 10.1 Å². The Morgan fingerprint density at radius 2 is 1.59 bits per heavy atom. The lowest BCUT2D eigenvalue weighted by Gasteiger charge is -2.24. The van der Waals surface area contributed by atoms with Gasteiger partial charge in [-0.3, -0.25) is 0 Å². The molecule has 14 heteroatoms. The number of benzene rings is 3. The SMILES string of the molecule is CCOC(Cc1ccc(OCCN(CCCOc2cc(Cl)cc(Cl)c2)C(=O)Nc2ccccc2OC(F)(F)F)cc1)C(=O)O. The van der Waals surface area contributed by atoms with Crippen LogP contribution in [0.5, 0.6) is 17.2 Å². The molecule has 44 heavy (non-hydrogen) atoms. The van der Waals surface area contributed by atoms with Gasteiger partial charge in [0.1, 0.15) is 18.1 Å². The van der Waals surface area contributed by atoms with Crippen molar-refractivity contribution in [3.05, 3.63) is 82.3 Å². The van der Waals surface area contributed by atoms with Gasteiger partial charge in [0.05, 0.1) is 18.8 Å². The van der Waals surface area contributed by atoms with Crippen molar-refractivity contribution in [2.45, 2.75) is 32.2 Å². The lowest BCUT2D eigenvalue weighted by Crippen LogP contribution is -2.39. The minimum Gasteiger partial charge on any atom is -0.493 e. The number of carbonyl (C=O) groups is 2. The maximum Gasteiger partial charge on any atom is 0.573 e. The van der Waals surface area contributed by atoms with E-state index in [9.17, 15) is 27.9 Å². The number of anilines is 1. The third-order valence-electron chi connectivity index (χ3n) is 5.94. The van der Waals surface area contributed by atoms with Gasteiger partial charge in [-0.25, -0.2) is 9.59 Å². The number of urea groups is 1. The number of ether oxygens (including phenoxy) is 4. The van der Waals surface area contributed by atoms with Crippen LogP contribution >= 0.6 is 23.2 Å². The predicted molar refractivity (Wildman–Crippen MR) is 159 cm³/mol. The number of hydrogen-bond donors (Lipinski definition) is 2. The molecule has 3 rings (SSSR count). The van der Waals surface area contributed by atoms with Crippen molar-refractivity contribution in [3.8, 4) is 17.2 Å². The van der Waals surface area contributed by atoms with Crippen molar-refractivity contribution >= 4 is 40.9 Å². The number of nitrogens with one attached hydrogen (secondary N) is 1. The smallest absolute Gasteiger partial charge is 0.493 e. The number of para-hydroxylation sites is 2. The van der Waals surface area contributed by atoms with E-state index in [1.165, 1.54) is 23.1 Å². The molecule has 238 valence electrons. The molecule has 0 aliphatic carbocycles. The Labute approximate surface area is 262 Å². The normalized spacial score (nSPS) is 11.9. The van der Waals surface area contributed by atoms with Crippen molar-refractivity contribution < 1.29 is 46.8 Å². The fraction of sp³-hybridized carbons (Fsp3) is 0.333. The van der Waals surface area contributed by atoms with Gasteiger partial charge in [-0.2, -0.15) is 0 Å². The van der Waals surface area contributed by atoms with Gasteiger partial charge in [0.15, 0.2) is 11.9 Å². The third-order valence-corrected chi connectivity index (χ3v) is 6.37. The maximum atomic E-state index is 13.2. The minimum absolute atomic E-state index is 0.0505. The summed E-state index contributed by atoms with van der Waals surface area (Å²) < 4.78 is 59.4. The number of alkyl halides is 3. The predicted octanol–water partition coefficient (Wildman–Crippen LogP) is 7.31. The van der Waals surface area contributed by atoms with Crippen molar-refractivity contribution in [2.24, 2.45) is 0 Å². The van der Waals surface area contributed by atoms with Gasteiger partial charge >= 0.3 is 18.4 Å². The van der Waals surface area contributed by atoms with Crippen LogP contribution in [-0.2, 0) is 16.0 Å². The van der Waals surface area contributed by atoms with E-state index in [1.54, 1.807) is 49.4 Å². The quantitative estimate of drug-likeness (QED) is 0.156. The Morgan fingerprint density at radius 3 is 2.23 bits per heavy atom. The minimum atomic E-state index is -4.94. The summed E-state index contributed by atoms with van der Waals surface area (Å²) in [4.78, 5) is 25.9. The summed E-state index contributed by atoms with van der Waals surface area (Å²) in [5.41, 5.74) is 0.577. The number of carbonyl (C=O) groups excluding carboxylic acids is 1. The van der Waals surface area contributed by atoms with Crippen LogP contribution < -0.4 is 19.5 Å². The molecule has 0 aromatic heterocycles. The van der Waals surface area contributed by atoms with Gasteiger partial charge in [0.25, 0.3) is 0 Å². The second-order valence-electron chi connectivity index (χ2n) is 9.25. The Bertz CT molecular complexity index is 1360. The fourth-order valence-corrected chi connectivity index (χ4v) is 4.48. The van der Waals surface area contributed by atoms with E-state index in [4.69, 9.17) is 37.4 Å². The van der Waals surface area contributed by atoms with Crippen LogP contribution in [-0.4, -0.2) is 67.4 Å². The molecule has 1 unspecified atom stereocenters. The number of hydrogen-bond acceptors (Lipinski definition) is 6. The summed E-state index contributed by atoms with van der Waals surface area (Å²) in [6.45, 7) is 2.46. The van der Waals surface area contributed by atoms with Crippen molar-refractivity contribution in [3.63, 3.8) is 0 Å². The average molecular weight is 659 g/mol. The highest BCUT2D eigenvalue weighted by Crippen LogP contribution is 2.30. The van der Waals surface area contributed by atoms with Gasteiger partial charge in [-0.1, -0.05) is 47.5 Å². The van der Waals surface area contributed by atoms with Gasteiger partial charge in [0, 0.05) is 29.6 Å². The lowest BCUT2D eigenvalue weighted by atomic mass is 10.1. The number of carboxylic acid groups (broad SMARTS) is 1. The van der Waals surface area contributed by atoms with E-state index in [0.717, 1.165) is 11.6 Å². The number of rotatable bonds is 16. The highest BCUT2D eigenvalue weighted by atomic mass is 35.5. The molecule has 0 saturated heterocycles. The average Bonchev–Trinajstić information content (AvgIpc) is 2.94. The molecule has 0 radical (unpaired) electrons. The zero-order chi connectivity index (χ0) is 32.1. The van der Waals surface area contributed by atoms with Gasteiger partial charge in [-0.15, -0.1) is 13.2 Å². The van der Waals surface area contributed by atoms with Crippen LogP contribution in [0.2, 0.25) is 10.0 Å². The van der Waals surface area contributed by atoms with Crippen molar-refractivity contribution in [2.75, 3.05) is 38.2 Å². The van der Waals surface area contributed by atoms with E-state index in [-0.39, 0.29) is 45.0 Å². The summed E-state index contributed by atoms with van der Waals surface area (Å²) in [6, 6.07) is 16.0. The number of carboxylic acids is 1. The highest BCUT2D eigenvalue weighted by Gasteiger charge is 2.32. The van der Waals surface area contributed by atoms with E-state index in [0.29, 0.717) is 28.0 Å². The first kappa shape index (κ1) is 34.6. The molecule has 3 aromatic rings. The molecule has 0 heterocycles. The first-order valence-corrected chi connectivity index (χ1v) is 14.2. The molecule has 2 amide bonds. The summed E-state index contributed by atoms with van der Waals surface area (Å²) >= 11 is 12.0. The first-order chi connectivity index (χ1) is 20.9. The Hall–Kier alpha value is -3.87. The molecular weight excluding hydrogens is 628 g/mol. The topological polar surface area (TPSA) is 107 Å².